The number of piperazine rings is 2. The van der Waals surface area contributed by atoms with Crippen molar-refractivity contribution < 1.29 is 39.5 Å². The van der Waals surface area contributed by atoms with E-state index < -0.39 is 35.2 Å². The lowest BCUT2D eigenvalue weighted by atomic mass is 10.1. The maximum atomic E-state index is 13.2. The monoisotopic (exact) mass is 1560 g/mol. The van der Waals surface area contributed by atoms with Crippen molar-refractivity contribution in [1.82, 2.24) is 58.7 Å². The topological polar surface area (TPSA) is 165 Å². The first-order valence-corrected chi connectivity index (χ1v) is 34.1. The van der Waals surface area contributed by atoms with Crippen LogP contribution in [0.15, 0.2) is 183 Å². The number of thiazole rings is 3. The van der Waals surface area contributed by atoms with Crippen LogP contribution in [0.2, 0.25) is 0 Å². The molecule has 2 aliphatic rings. The minimum absolute atomic E-state index is 0.157. The average Bonchev–Trinajstić information content (AvgIpc) is 1.68. The fourth-order valence-corrected chi connectivity index (χ4v) is 13.6. The molecule has 2 aliphatic heterocycles. The molecule has 2 fully saturated rings. The number of fused-ring (bicyclic) bond motifs is 3. The van der Waals surface area contributed by atoms with Crippen LogP contribution >= 0.6 is 72.5 Å². The van der Waals surface area contributed by atoms with E-state index in [1.165, 1.54) is 45.0 Å². The zero-order valence-corrected chi connectivity index (χ0v) is 57.5. The standard InChI is InChI=1S/C24H22F3N5OS.C19H11BrF3N3OS.C19H11F3IN3OS.C5H12N2/c1-30-7-9-31(10-8-30)19-13-28-22(29-14-19)17-4-2-3-16(11-17)15-32-20-12-18(24(25,26)27)5-6-21(20)34-23(32)33;20-14-8-24-17(25-9-14)12-3-1-2-11(6-12)10-26-15-7-13(19(21,22)23)4-5-16(15)28-18(26)27;20-19(21,22)13-4-5-16-15(7-13)26(18(27)28-16)10-11-2-1-3-12(6-11)17-24-8-14(23)9-25-17;1-7-4-2-6-3-5-7/h2-6,11-14H,7-10,15H2,1H3;2*1-9H,10H2;6H,2-5H2,1H3. The summed E-state index contributed by atoms with van der Waals surface area (Å²) in [7, 11) is 4.26. The molecule has 6 aromatic heterocycles. The number of likely N-dealkylation sites (N-methyl/N-ethyl adjacent to an activating group) is 2. The molecule has 0 unspecified atom stereocenters. The van der Waals surface area contributed by atoms with Gasteiger partial charge >= 0.3 is 33.1 Å². The molecule has 0 aliphatic carbocycles. The van der Waals surface area contributed by atoms with E-state index in [0.717, 1.165) is 157 Å². The molecule has 0 radical (unpaired) electrons. The van der Waals surface area contributed by atoms with Crippen LogP contribution in [0.25, 0.3) is 64.8 Å². The highest BCUT2D eigenvalue weighted by Crippen LogP contribution is 2.36. The van der Waals surface area contributed by atoms with E-state index in [1.54, 1.807) is 30.9 Å². The second-order valence-electron chi connectivity index (χ2n) is 22.6. The highest BCUT2D eigenvalue weighted by Gasteiger charge is 2.33. The summed E-state index contributed by atoms with van der Waals surface area (Å²) >= 11 is 8.20. The third-order valence-corrected chi connectivity index (χ3v) is 19.5. The van der Waals surface area contributed by atoms with Gasteiger partial charge in [-0.05, 0) is 142 Å². The third-order valence-electron chi connectivity index (χ3n) is 15.6. The largest absolute Gasteiger partial charge is 0.416 e. The molecule has 2 saturated heterocycles. The van der Waals surface area contributed by atoms with Gasteiger partial charge in [0.15, 0.2) is 17.5 Å². The average molecular weight is 1570 g/mol. The number of hydrogen-bond donors (Lipinski definition) is 1. The summed E-state index contributed by atoms with van der Waals surface area (Å²) in [5.74, 6) is 1.62. The Bertz CT molecular complexity index is 4720. The highest BCUT2D eigenvalue weighted by molar-refractivity contribution is 14.1. The lowest BCUT2D eigenvalue weighted by Crippen LogP contribution is -2.44. The van der Waals surface area contributed by atoms with E-state index in [1.807, 2.05) is 79.1 Å². The van der Waals surface area contributed by atoms with Crippen LogP contribution in [-0.4, -0.2) is 120 Å². The number of aromatic nitrogens is 9. The lowest BCUT2D eigenvalue weighted by Gasteiger charge is -2.33. The molecule has 1 N–H and O–H groups in total. The molecule has 0 spiro atoms. The molecule has 16 nitrogen and oxygen atoms in total. The van der Waals surface area contributed by atoms with E-state index >= 15 is 0 Å². The van der Waals surface area contributed by atoms with Crippen LogP contribution in [0.5, 0.6) is 0 Å². The summed E-state index contributed by atoms with van der Waals surface area (Å²) in [4.78, 5) is 69.3. The Balaban J connectivity index is 0.000000141. The molecule has 0 amide bonds. The van der Waals surface area contributed by atoms with Gasteiger partial charge in [0, 0.05) is 97.4 Å². The van der Waals surface area contributed by atoms with Crippen molar-refractivity contribution in [3.05, 3.63) is 235 Å². The summed E-state index contributed by atoms with van der Waals surface area (Å²) in [6.45, 7) is 9.06. The van der Waals surface area contributed by atoms with Crippen LogP contribution in [-0.2, 0) is 38.2 Å². The van der Waals surface area contributed by atoms with Gasteiger partial charge in [0.25, 0.3) is 0 Å². The van der Waals surface area contributed by atoms with E-state index in [-0.39, 0.29) is 50.8 Å². The maximum absolute atomic E-state index is 13.2. The second kappa shape index (κ2) is 30.3. The van der Waals surface area contributed by atoms with Crippen molar-refractivity contribution in [2.45, 2.75) is 38.2 Å². The first-order chi connectivity index (χ1) is 46.3. The first-order valence-electron chi connectivity index (χ1n) is 29.8. The van der Waals surface area contributed by atoms with Crippen molar-refractivity contribution in [3.63, 3.8) is 0 Å². The van der Waals surface area contributed by atoms with Gasteiger partial charge in [-0.1, -0.05) is 88.6 Å². The van der Waals surface area contributed by atoms with Crippen molar-refractivity contribution in [2.24, 2.45) is 0 Å². The summed E-state index contributed by atoms with van der Waals surface area (Å²) in [6.07, 6.45) is -3.10. The molecule has 0 bridgehead atoms. The Kier molecular flexibility index (Phi) is 22.0. The number of benzene rings is 6. The Morgan fingerprint density at radius 2 is 0.773 bits per heavy atom. The highest BCUT2D eigenvalue weighted by atomic mass is 127. The number of nitrogens with one attached hydrogen (secondary N) is 1. The zero-order valence-electron chi connectivity index (χ0n) is 51.3. The second-order valence-corrected chi connectivity index (χ2v) is 27.7. The Morgan fingerprint density at radius 1 is 0.443 bits per heavy atom. The van der Waals surface area contributed by atoms with Gasteiger partial charge in [0.2, 0.25) is 0 Å². The van der Waals surface area contributed by atoms with Crippen LogP contribution in [0.1, 0.15) is 33.4 Å². The van der Waals surface area contributed by atoms with Crippen LogP contribution in [0.3, 0.4) is 0 Å². The summed E-state index contributed by atoms with van der Waals surface area (Å²) in [6, 6.07) is 32.1. The zero-order chi connectivity index (χ0) is 68.8. The predicted molar refractivity (Wildman–Crippen MR) is 373 cm³/mol. The van der Waals surface area contributed by atoms with Crippen molar-refractivity contribution in [1.29, 1.82) is 0 Å². The number of halogens is 11. The Morgan fingerprint density at radius 3 is 1.10 bits per heavy atom. The lowest BCUT2D eigenvalue weighted by molar-refractivity contribution is -0.138. The molecular weight excluding hydrogens is 1510 g/mol. The van der Waals surface area contributed by atoms with Gasteiger partial charge < -0.3 is 20.0 Å². The summed E-state index contributed by atoms with van der Waals surface area (Å²) < 4.78 is 125. The molecular formula is C67H56BrF9IN13O3S3. The van der Waals surface area contributed by atoms with Gasteiger partial charge in [-0.15, -0.1) is 0 Å². The van der Waals surface area contributed by atoms with Crippen molar-refractivity contribution >= 4 is 109 Å². The van der Waals surface area contributed by atoms with Gasteiger partial charge in [-0.2, -0.15) is 39.5 Å². The number of anilines is 1. The SMILES string of the molecule is CN1CCN(c2cnc(-c3cccc(Cn4c(=O)sc5ccc(C(F)(F)F)cc54)c3)nc2)CC1.CN1CCNCC1.O=c1sc2ccc(C(F)(F)F)cc2n1Cc1cccc(-c2ncc(Br)cn2)c1.O=c1sc2ccc(C(F)(F)F)cc2n1Cc1cccc(-c2ncc(I)cn2)c1. The van der Waals surface area contributed by atoms with E-state index in [4.69, 9.17) is 0 Å². The molecule has 97 heavy (non-hydrogen) atoms. The van der Waals surface area contributed by atoms with E-state index in [9.17, 15) is 53.9 Å². The summed E-state index contributed by atoms with van der Waals surface area (Å²) in [5.41, 5.74) is 4.14. The first kappa shape index (κ1) is 70.2. The third kappa shape index (κ3) is 17.8. The molecule has 0 saturated carbocycles. The van der Waals surface area contributed by atoms with Gasteiger partial charge in [-0.25, -0.2) is 29.9 Å². The summed E-state index contributed by atoms with van der Waals surface area (Å²) in [5, 5.41) is 3.27. The smallest absolute Gasteiger partial charge is 0.366 e. The van der Waals surface area contributed by atoms with Crippen molar-refractivity contribution in [3.8, 4) is 34.2 Å². The number of alkyl halides is 9. The van der Waals surface area contributed by atoms with Crippen LogP contribution in [0.4, 0.5) is 45.2 Å². The fourth-order valence-electron chi connectivity index (χ4n) is 10.5. The van der Waals surface area contributed by atoms with E-state index in [2.05, 4.69) is 103 Å². The maximum Gasteiger partial charge on any atom is 0.416 e. The Labute approximate surface area is 581 Å². The molecule has 6 aromatic carbocycles. The number of hydrogen-bond acceptors (Lipinski definition) is 16. The van der Waals surface area contributed by atoms with Crippen LogP contribution in [0, 0.1) is 3.57 Å². The fraction of sp³-hybridized carbons (Fsp3) is 0.239. The normalized spacial score (nSPS) is 14.0. The number of rotatable bonds is 10. The van der Waals surface area contributed by atoms with Gasteiger partial charge in [0.05, 0.1) is 89.5 Å². The molecule has 30 heteroatoms. The quantitative estimate of drug-likeness (QED) is 0.102. The molecule has 14 rings (SSSR count). The minimum Gasteiger partial charge on any atom is -0.366 e. The minimum atomic E-state index is -4.47. The van der Waals surface area contributed by atoms with Gasteiger partial charge in [0.1, 0.15) is 0 Å². The molecule has 8 heterocycles. The van der Waals surface area contributed by atoms with Crippen molar-refractivity contribution in [2.75, 3.05) is 71.4 Å². The van der Waals surface area contributed by atoms with Crippen LogP contribution < -0.4 is 24.8 Å². The molecule has 12 aromatic rings. The predicted octanol–water partition coefficient (Wildman–Crippen LogP) is 14.4. The van der Waals surface area contributed by atoms with Gasteiger partial charge in [-0.3, -0.25) is 28.1 Å². The van der Waals surface area contributed by atoms with E-state index in [0.29, 0.717) is 31.6 Å². The molecule has 0 atom stereocenters. The Hall–Kier alpha value is -8.11. The molecule has 502 valence electrons. The number of nitrogens with zero attached hydrogens (tertiary/aromatic N) is 12.